The van der Waals surface area contributed by atoms with Crippen LogP contribution in [0.3, 0.4) is 0 Å². The van der Waals surface area contributed by atoms with Crippen LogP contribution in [0, 0.1) is 17.8 Å². The summed E-state index contributed by atoms with van der Waals surface area (Å²) in [6.45, 7) is 0.863. The zero-order chi connectivity index (χ0) is 16.5. The van der Waals surface area contributed by atoms with E-state index in [2.05, 4.69) is 4.90 Å². The molecule has 1 aliphatic heterocycles. The molecule has 2 aliphatic carbocycles. The summed E-state index contributed by atoms with van der Waals surface area (Å²) < 4.78 is 5.35. The molecule has 132 valence electrons. The maximum Gasteiger partial charge on any atom is 0.226 e. The summed E-state index contributed by atoms with van der Waals surface area (Å²) >= 11 is 0. The molecule has 0 aromatic carbocycles. The van der Waals surface area contributed by atoms with E-state index in [0.717, 1.165) is 38.1 Å². The van der Waals surface area contributed by atoms with Gasteiger partial charge in [0.15, 0.2) is 0 Å². The van der Waals surface area contributed by atoms with Gasteiger partial charge in [-0.05, 0) is 56.1 Å². The Morgan fingerprint density at radius 1 is 1.25 bits per heavy atom. The van der Waals surface area contributed by atoms with Crippen LogP contribution in [-0.4, -0.2) is 28.5 Å². The largest absolute Gasteiger partial charge is 0.467 e. The zero-order valence-corrected chi connectivity index (χ0v) is 14.4. The summed E-state index contributed by atoms with van der Waals surface area (Å²) in [6, 6.07) is 3.78. The third-order valence-corrected chi connectivity index (χ3v) is 6.58. The number of carbonyl (C=O) groups excluding carboxylic acids is 1. The lowest BCUT2D eigenvalue weighted by Gasteiger charge is -2.35. The standard InChI is InChI=1S/C20H29NO3/c22-18(19-6-4-10-24-19)13-16-5-2-1-3-9-21(16)20(23)17-12-14-7-8-15(17)11-14/h4,6,10,14-18,22H,1-3,5,7-9,11-13H2. The van der Waals surface area contributed by atoms with Crippen molar-refractivity contribution in [3.63, 3.8) is 0 Å². The Morgan fingerprint density at radius 2 is 2.17 bits per heavy atom. The third kappa shape index (κ3) is 3.13. The fourth-order valence-corrected chi connectivity index (χ4v) is 5.33. The molecule has 3 fully saturated rings. The van der Waals surface area contributed by atoms with Gasteiger partial charge in [-0.25, -0.2) is 0 Å². The molecule has 0 spiro atoms. The lowest BCUT2D eigenvalue weighted by atomic mass is 9.87. The Bertz CT molecular complexity index is 555. The van der Waals surface area contributed by atoms with E-state index >= 15 is 0 Å². The topological polar surface area (TPSA) is 53.7 Å². The number of carbonyl (C=O) groups is 1. The van der Waals surface area contributed by atoms with Crippen LogP contribution in [0.4, 0.5) is 0 Å². The summed E-state index contributed by atoms with van der Waals surface area (Å²) in [4.78, 5) is 15.4. The van der Waals surface area contributed by atoms with Crippen molar-refractivity contribution in [3.05, 3.63) is 24.2 Å². The molecule has 1 saturated heterocycles. The molecule has 3 aliphatic rings. The second-order valence-electron chi connectivity index (χ2n) is 8.08. The summed E-state index contributed by atoms with van der Waals surface area (Å²) in [6.07, 6.45) is 11.0. The van der Waals surface area contributed by atoms with Gasteiger partial charge in [0.25, 0.3) is 0 Å². The van der Waals surface area contributed by atoms with Gasteiger partial charge in [-0.2, -0.15) is 0 Å². The van der Waals surface area contributed by atoms with Gasteiger partial charge in [0.05, 0.1) is 6.26 Å². The van der Waals surface area contributed by atoms with E-state index in [-0.39, 0.29) is 12.0 Å². The molecule has 0 radical (unpaired) electrons. The predicted octanol–water partition coefficient (Wildman–Crippen LogP) is 3.91. The first-order valence-electron chi connectivity index (χ1n) is 9.74. The fourth-order valence-electron chi connectivity index (χ4n) is 5.33. The highest BCUT2D eigenvalue weighted by molar-refractivity contribution is 5.80. The van der Waals surface area contributed by atoms with E-state index in [1.807, 2.05) is 12.1 Å². The molecule has 2 saturated carbocycles. The quantitative estimate of drug-likeness (QED) is 0.910. The first-order valence-corrected chi connectivity index (χ1v) is 9.74. The van der Waals surface area contributed by atoms with Crippen LogP contribution < -0.4 is 0 Å². The zero-order valence-electron chi connectivity index (χ0n) is 14.4. The van der Waals surface area contributed by atoms with Gasteiger partial charge < -0.3 is 14.4 Å². The summed E-state index contributed by atoms with van der Waals surface area (Å²) in [5.74, 6) is 2.67. The molecule has 2 bridgehead atoms. The highest BCUT2D eigenvalue weighted by Gasteiger charge is 2.45. The van der Waals surface area contributed by atoms with Crippen molar-refractivity contribution in [2.75, 3.05) is 6.54 Å². The highest BCUT2D eigenvalue weighted by Crippen LogP contribution is 2.49. The van der Waals surface area contributed by atoms with Crippen LogP contribution in [0.25, 0.3) is 0 Å². The molecule has 1 aromatic heterocycles. The molecule has 4 nitrogen and oxygen atoms in total. The number of aliphatic hydroxyl groups is 1. The molecular weight excluding hydrogens is 302 g/mol. The van der Waals surface area contributed by atoms with Gasteiger partial charge in [-0.1, -0.05) is 19.3 Å². The van der Waals surface area contributed by atoms with Crippen LogP contribution in [-0.2, 0) is 4.79 Å². The van der Waals surface area contributed by atoms with E-state index in [9.17, 15) is 9.90 Å². The minimum Gasteiger partial charge on any atom is -0.467 e. The van der Waals surface area contributed by atoms with Crippen molar-refractivity contribution in [3.8, 4) is 0 Å². The lowest BCUT2D eigenvalue weighted by molar-refractivity contribution is -0.140. The summed E-state index contributed by atoms with van der Waals surface area (Å²) in [5.41, 5.74) is 0. The fraction of sp³-hybridized carbons (Fsp3) is 0.750. The number of furan rings is 1. The van der Waals surface area contributed by atoms with Crippen molar-refractivity contribution in [2.24, 2.45) is 17.8 Å². The normalized spacial score (nSPS) is 34.3. The lowest BCUT2D eigenvalue weighted by Crippen LogP contribution is -2.45. The third-order valence-electron chi connectivity index (χ3n) is 6.58. The Labute approximate surface area is 144 Å². The minimum atomic E-state index is -0.613. The number of hydrogen-bond acceptors (Lipinski definition) is 3. The monoisotopic (exact) mass is 331 g/mol. The van der Waals surface area contributed by atoms with E-state index in [1.54, 1.807) is 6.26 Å². The average Bonchev–Trinajstić information content (AvgIpc) is 3.31. The minimum absolute atomic E-state index is 0.152. The maximum atomic E-state index is 13.2. The van der Waals surface area contributed by atoms with E-state index in [4.69, 9.17) is 4.42 Å². The molecule has 2 heterocycles. The Kier molecular flexibility index (Phi) is 4.66. The summed E-state index contributed by atoms with van der Waals surface area (Å²) in [7, 11) is 0. The van der Waals surface area contributed by atoms with E-state index < -0.39 is 6.10 Å². The molecule has 1 N–H and O–H groups in total. The Morgan fingerprint density at radius 3 is 2.88 bits per heavy atom. The molecular formula is C20H29NO3. The van der Waals surface area contributed by atoms with Crippen LogP contribution in [0.15, 0.2) is 22.8 Å². The van der Waals surface area contributed by atoms with Gasteiger partial charge >= 0.3 is 0 Å². The van der Waals surface area contributed by atoms with Crippen molar-refractivity contribution in [1.82, 2.24) is 4.90 Å². The molecule has 5 atom stereocenters. The van der Waals surface area contributed by atoms with Crippen molar-refractivity contribution < 1.29 is 14.3 Å². The average molecular weight is 331 g/mol. The van der Waals surface area contributed by atoms with Crippen LogP contribution in [0.2, 0.25) is 0 Å². The van der Waals surface area contributed by atoms with Crippen molar-refractivity contribution in [1.29, 1.82) is 0 Å². The van der Waals surface area contributed by atoms with Gasteiger partial charge in [0.1, 0.15) is 11.9 Å². The molecule has 5 unspecified atom stereocenters. The van der Waals surface area contributed by atoms with E-state index in [0.29, 0.717) is 24.0 Å². The first-order chi connectivity index (χ1) is 11.7. The maximum absolute atomic E-state index is 13.2. The second-order valence-corrected chi connectivity index (χ2v) is 8.08. The first kappa shape index (κ1) is 16.2. The van der Waals surface area contributed by atoms with Crippen LogP contribution >= 0.6 is 0 Å². The number of hydrogen-bond donors (Lipinski definition) is 1. The van der Waals surface area contributed by atoms with Crippen LogP contribution in [0.1, 0.15) is 69.7 Å². The molecule has 24 heavy (non-hydrogen) atoms. The van der Waals surface area contributed by atoms with Gasteiger partial charge in [-0.3, -0.25) is 4.79 Å². The van der Waals surface area contributed by atoms with Crippen LogP contribution in [0.5, 0.6) is 0 Å². The molecule has 1 aromatic rings. The Hall–Kier alpha value is -1.29. The number of rotatable bonds is 4. The van der Waals surface area contributed by atoms with Gasteiger partial charge in [0, 0.05) is 24.9 Å². The second kappa shape index (κ2) is 6.91. The van der Waals surface area contributed by atoms with Crippen molar-refractivity contribution in [2.45, 2.75) is 69.9 Å². The SMILES string of the molecule is O=C(C1CC2CCC1C2)N1CCCCCC1CC(O)c1ccco1. The number of nitrogens with zero attached hydrogens (tertiary/aromatic N) is 1. The number of amides is 1. The Balaban J connectivity index is 1.46. The smallest absolute Gasteiger partial charge is 0.226 e. The molecule has 4 heteroatoms. The highest BCUT2D eigenvalue weighted by atomic mass is 16.4. The number of likely N-dealkylation sites (tertiary alicyclic amines) is 1. The molecule has 4 rings (SSSR count). The van der Waals surface area contributed by atoms with E-state index in [1.165, 1.54) is 25.7 Å². The van der Waals surface area contributed by atoms with Gasteiger partial charge in [0.2, 0.25) is 5.91 Å². The summed E-state index contributed by atoms with van der Waals surface area (Å²) in [5, 5.41) is 10.5. The van der Waals surface area contributed by atoms with Gasteiger partial charge in [-0.15, -0.1) is 0 Å². The predicted molar refractivity (Wildman–Crippen MR) is 91.2 cm³/mol. The number of aliphatic hydroxyl groups excluding tert-OH is 1. The van der Waals surface area contributed by atoms with Crippen molar-refractivity contribution >= 4 is 5.91 Å². The number of fused-ring (bicyclic) bond motifs is 2. The molecule has 1 amide bonds.